The number of rotatable bonds is 9. The summed E-state index contributed by atoms with van der Waals surface area (Å²) in [5.41, 5.74) is 1.95. The number of alkyl carbamates (subject to hydrolysis) is 1. The molecule has 3 fully saturated rings. The van der Waals surface area contributed by atoms with Crippen LogP contribution in [0, 0.1) is 5.92 Å². The zero-order valence-corrected chi connectivity index (χ0v) is 27.5. The second-order valence-corrected chi connectivity index (χ2v) is 15.7. The predicted octanol–water partition coefficient (Wildman–Crippen LogP) is 3.57. The molecule has 3 unspecified atom stereocenters. The van der Waals surface area contributed by atoms with Crippen LogP contribution in [-0.4, -0.2) is 78.9 Å². The number of ether oxygens (including phenoxy) is 2. The van der Waals surface area contributed by atoms with Crippen LogP contribution in [0.1, 0.15) is 63.5 Å². The number of nitrogens with zero attached hydrogens (tertiary/aromatic N) is 1. The van der Waals surface area contributed by atoms with Crippen molar-refractivity contribution in [3.8, 4) is 11.1 Å². The van der Waals surface area contributed by atoms with Crippen LogP contribution < -0.4 is 15.4 Å². The van der Waals surface area contributed by atoms with E-state index in [-0.39, 0.29) is 31.9 Å². The maximum Gasteiger partial charge on any atom is 0.411 e. The van der Waals surface area contributed by atoms with E-state index in [0.717, 1.165) is 22.3 Å². The Balaban J connectivity index is 1.14. The number of amides is 4. The molecular formula is C34H40N4O8S. The fourth-order valence-electron chi connectivity index (χ4n) is 6.54. The molecule has 3 N–H and O–H groups in total. The highest BCUT2D eigenvalue weighted by Gasteiger charge is 2.62. The first-order valence-corrected chi connectivity index (χ1v) is 17.4. The first-order valence-electron chi connectivity index (χ1n) is 15.8. The third-order valence-electron chi connectivity index (χ3n) is 9.15. The number of carbonyl (C=O) groups excluding carboxylic acids is 4. The minimum absolute atomic E-state index is 0.0199. The van der Waals surface area contributed by atoms with Gasteiger partial charge < -0.3 is 20.1 Å². The Morgan fingerprint density at radius 2 is 1.64 bits per heavy atom. The van der Waals surface area contributed by atoms with E-state index >= 15 is 0 Å². The van der Waals surface area contributed by atoms with Crippen molar-refractivity contribution >= 4 is 34.0 Å². The molecule has 0 bridgehead atoms. The normalized spacial score (nSPS) is 24.8. The minimum atomic E-state index is -3.86. The summed E-state index contributed by atoms with van der Waals surface area (Å²) in [4.78, 5) is 54.5. The van der Waals surface area contributed by atoms with Crippen LogP contribution in [0.25, 0.3) is 11.1 Å². The van der Waals surface area contributed by atoms with Gasteiger partial charge in [-0.1, -0.05) is 54.6 Å². The molecule has 4 atom stereocenters. The Bertz CT molecular complexity index is 1690. The predicted molar refractivity (Wildman–Crippen MR) is 173 cm³/mol. The Labute approximate surface area is 274 Å². The smallest absolute Gasteiger partial charge is 0.411 e. The van der Waals surface area contributed by atoms with Crippen molar-refractivity contribution in [3.63, 3.8) is 0 Å². The SMILES string of the molecule is C=CC1CC1(NC(=O)[C@@H]1CC(NC(=O)OCC2c3ccccc3-c3ccccc32)CN1C(=O)OC(C)(C)C)C(=O)NS(=O)(=O)C1CC1. The van der Waals surface area contributed by atoms with Crippen molar-refractivity contribution in [3.05, 3.63) is 72.3 Å². The van der Waals surface area contributed by atoms with Crippen molar-refractivity contribution in [2.75, 3.05) is 13.2 Å². The zero-order chi connectivity index (χ0) is 33.7. The average molecular weight is 665 g/mol. The van der Waals surface area contributed by atoms with Gasteiger partial charge in [0.25, 0.3) is 5.91 Å². The Morgan fingerprint density at radius 3 is 2.19 bits per heavy atom. The van der Waals surface area contributed by atoms with Gasteiger partial charge in [-0.25, -0.2) is 18.0 Å². The maximum atomic E-state index is 13.8. The minimum Gasteiger partial charge on any atom is -0.449 e. The summed E-state index contributed by atoms with van der Waals surface area (Å²) in [5.74, 6) is -2.14. The topological polar surface area (TPSA) is 160 Å². The molecule has 2 aromatic rings. The highest BCUT2D eigenvalue weighted by molar-refractivity contribution is 7.91. The van der Waals surface area contributed by atoms with Gasteiger partial charge in [0.2, 0.25) is 15.9 Å². The van der Waals surface area contributed by atoms with Crippen LogP contribution in [0.5, 0.6) is 0 Å². The van der Waals surface area contributed by atoms with Gasteiger partial charge in [-0.15, -0.1) is 6.58 Å². The van der Waals surface area contributed by atoms with E-state index in [1.54, 1.807) is 20.8 Å². The van der Waals surface area contributed by atoms with E-state index in [9.17, 15) is 27.6 Å². The van der Waals surface area contributed by atoms with Gasteiger partial charge in [-0.2, -0.15) is 0 Å². The molecule has 4 aliphatic rings. The van der Waals surface area contributed by atoms with E-state index in [4.69, 9.17) is 9.47 Å². The molecule has 1 heterocycles. The van der Waals surface area contributed by atoms with E-state index in [1.807, 2.05) is 48.5 Å². The van der Waals surface area contributed by atoms with E-state index < -0.39 is 68.4 Å². The highest BCUT2D eigenvalue weighted by Crippen LogP contribution is 2.46. The molecule has 0 radical (unpaired) electrons. The van der Waals surface area contributed by atoms with Crippen molar-refractivity contribution < 1.29 is 37.1 Å². The molecule has 2 aromatic carbocycles. The number of sulfonamides is 1. The number of benzene rings is 2. The molecule has 12 nitrogen and oxygen atoms in total. The van der Waals surface area contributed by atoms with Gasteiger partial charge in [0.1, 0.15) is 23.8 Å². The Hall–Kier alpha value is -4.39. The number of carbonyl (C=O) groups is 4. The lowest BCUT2D eigenvalue weighted by Crippen LogP contribution is -2.56. The number of likely N-dealkylation sites (tertiary alicyclic amines) is 1. The molecule has 0 spiro atoms. The summed E-state index contributed by atoms with van der Waals surface area (Å²) in [7, 11) is -3.86. The number of fused-ring (bicyclic) bond motifs is 3. The van der Waals surface area contributed by atoms with Crippen molar-refractivity contribution in [1.82, 2.24) is 20.3 Å². The van der Waals surface area contributed by atoms with Gasteiger partial charge >= 0.3 is 12.2 Å². The molecule has 3 aliphatic carbocycles. The molecular weight excluding hydrogens is 624 g/mol. The Morgan fingerprint density at radius 1 is 1.02 bits per heavy atom. The molecule has 1 aliphatic heterocycles. The van der Waals surface area contributed by atoms with Crippen molar-refractivity contribution in [2.45, 2.75) is 80.8 Å². The van der Waals surface area contributed by atoms with Gasteiger partial charge in [0, 0.05) is 18.4 Å². The largest absolute Gasteiger partial charge is 0.449 e. The maximum absolute atomic E-state index is 13.8. The lowest BCUT2D eigenvalue weighted by molar-refractivity contribution is -0.131. The third kappa shape index (κ3) is 6.58. The van der Waals surface area contributed by atoms with Crippen LogP contribution in [0.3, 0.4) is 0 Å². The second-order valence-electron chi connectivity index (χ2n) is 13.7. The second kappa shape index (κ2) is 12.0. The fourth-order valence-corrected chi connectivity index (χ4v) is 7.90. The first kappa shape index (κ1) is 32.5. The van der Waals surface area contributed by atoms with Crippen LogP contribution in [0.4, 0.5) is 9.59 Å². The van der Waals surface area contributed by atoms with Gasteiger partial charge in [-0.3, -0.25) is 19.2 Å². The quantitative estimate of drug-likeness (QED) is 0.343. The standard InChI is InChI=1S/C34H40N4O8S/c1-5-20-17-34(20,30(40)37-47(43,44)22-14-15-22)36-29(39)28-16-21(18-38(28)32(42)46-33(2,3)4)35-31(41)45-19-27-25-12-8-6-10-23(25)24-11-7-9-13-26(24)27/h5-13,20-22,27-28H,1,14-19H2,2-4H3,(H,35,41)(H,36,39)(H,37,40)/t20?,21?,28-,34?/m0/s1. The highest BCUT2D eigenvalue weighted by atomic mass is 32.2. The molecule has 6 rings (SSSR count). The summed E-state index contributed by atoms with van der Waals surface area (Å²) in [5, 5.41) is 4.88. The number of hydrogen-bond acceptors (Lipinski definition) is 8. The molecule has 2 saturated carbocycles. The van der Waals surface area contributed by atoms with Crippen LogP contribution >= 0.6 is 0 Å². The fraction of sp³-hybridized carbons (Fsp3) is 0.471. The summed E-state index contributed by atoms with van der Waals surface area (Å²) in [6, 6.07) is 14.2. The molecule has 4 amide bonds. The van der Waals surface area contributed by atoms with Crippen molar-refractivity contribution in [1.29, 1.82) is 0 Å². The average Bonchev–Trinajstić information content (AvgIpc) is 3.92. The first-order chi connectivity index (χ1) is 22.2. The molecule has 47 heavy (non-hydrogen) atoms. The molecule has 13 heteroatoms. The lowest BCUT2D eigenvalue weighted by Gasteiger charge is -2.29. The number of nitrogens with one attached hydrogen (secondary N) is 3. The molecule has 0 aromatic heterocycles. The monoisotopic (exact) mass is 664 g/mol. The summed E-state index contributed by atoms with van der Waals surface area (Å²) in [6.45, 7) is 8.86. The lowest BCUT2D eigenvalue weighted by atomic mass is 9.98. The molecule has 250 valence electrons. The zero-order valence-electron chi connectivity index (χ0n) is 26.7. The van der Waals surface area contributed by atoms with Gasteiger partial charge in [-0.05, 0) is 68.7 Å². The van der Waals surface area contributed by atoms with Gasteiger partial charge in [0.05, 0.1) is 11.3 Å². The van der Waals surface area contributed by atoms with E-state index in [2.05, 4.69) is 21.9 Å². The molecule has 1 saturated heterocycles. The van der Waals surface area contributed by atoms with Gasteiger partial charge in [0.15, 0.2) is 0 Å². The summed E-state index contributed by atoms with van der Waals surface area (Å²) >= 11 is 0. The Kier molecular flexibility index (Phi) is 8.31. The number of hydrogen-bond donors (Lipinski definition) is 3. The third-order valence-corrected chi connectivity index (χ3v) is 11.0. The van der Waals surface area contributed by atoms with Crippen molar-refractivity contribution in [2.24, 2.45) is 5.92 Å². The van der Waals surface area contributed by atoms with Crippen LogP contribution in [0.15, 0.2) is 61.2 Å². The van der Waals surface area contributed by atoms with Crippen LogP contribution in [-0.2, 0) is 29.1 Å². The summed E-state index contributed by atoms with van der Waals surface area (Å²) < 4.78 is 38.4. The summed E-state index contributed by atoms with van der Waals surface area (Å²) in [6.07, 6.45) is 1.15. The van der Waals surface area contributed by atoms with E-state index in [1.165, 1.54) is 11.0 Å². The van der Waals surface area contributed by atoms with Crippen LogP contribution in [0.2, 0.25) is 0 Å². The van der Waals surface area contributed by atoms with E-state index in [0.29, 0.717) is 12.8 Å².